The highest BCUT2D eigenvalue weighted by atomic mass is 32.1. The smallest absolute Gasteiger partial charge is 0.136 e. The first-order valence-corrected chi connectivity index (χ1v) is 20.7. The van der Waals surface area contributed by atoms with E-state index in [1.807, 2.05) is 11.3 Å². The van der Waals surface area contributed by atoms with Crippen molar-refractivity contribution in [2.75, 3.05) is 0 Å². The molecule has 7 aromatic carbocycles. The summed E-state index contributed by atoms with van der Waals surface area (Å²) in [6.07, 6.45) is 6.90. The summed E-state index contributed by atoms with van der Waals surface area (Å²) in [6.45, 7) is 0. The van der Waals surface area contributed by atoms with Crippen molar-refractivity contribution < 1.29 is 4.42 Å². The van der Waals surface area contributed by atoms with Crippen molar-refractivity contribution in [3.8, 4) is 44.5 Å². The van der Waals surface area contributed by atoms with Crippen LogP contribution in [0.25, 0.3) is 86.6 Å². The van der Waals surface area contributed by atoms with Gasteiger partial charge in [0.1, 0.15) is 11.2 Å². The fourth-order valence-corrected chi connectivity index (χ4v) is 13.8. The van der Waals surface area contributed by atoms with Gasteiger partial charge in [-0.3, -0.25) is 0 Å². The summed E-state index contributed by atoms with van der Waals surface area (Å²) in [4.78, 5) is 0. The molecule has 258 valence electrons. The number of furan rings is 1. The zero-order chi connectivity index (χ0) is 35.1. The van der Waals surface area contributed by atoms with Crippen molar-refractivity contribution in [1.82, 2.24) is 0 Å². The van der Waals surface area contributed by atoms with Gasteiger partial charge in [0.25, 0.3) is 0 Å². The number of hydrogen-bond donors (Lipinski definition) is 0. The molecule has 2 aromatic heterocycles. The number of para-hydroxylation sites is 1. The standard InChI is InChI=1S/C52H38OS/c1-4-18-44-42(13-1)49-40(39-16-9-20-46-48(39)43-14-2-5-19-45(43)53-46)23-22-36(50(49)52(44)34-25-30-24-31(27-34)28-35(52)26-30)32-10-7-11-33(29-32)37-15-8-17-41-38-12-3-6-21-47(38)54-51(37)41/h1-23,29-31,34-35H,24-28H2. The zero-order valence-corrected chi connectivity index (χ0v) is 30.8. The van der Waals surface area contributed by atoms with Crippen LogP contribution in [0, 0.1) is 23.7 Å². The molecule has 54 heavy (non-hydrogen) atoms. The van der Waals surface area contributed by atoms with Crippen LogP contribution in [0.4, 0.5) is 0 Å². The Morgan fingerprint density at radius 1 is 0.481 bits per heavy atom. The highest BCUT2D eigenvalue weighted by Crippen LogP contribution is 2.71. The van der Waals surface area contributed by atoms with E-state index in [0.29, 0.717) is 11.8 Å². The molecule has 1 nitrogen and oxygen atoms in total. The molecule has 0 saturated heterocycles. The van der Waals surface area contributed by atoms with Crippen molar-refractivity contribution in [2.24, 2.45) is 23.7 Å². The van der Waals surface area contributed by atoms with E-state index in [-0.39, 0.29) is 5.41 Å². The lowest BCUT2D eigenvalue weighted by Crippen LogP contribution is -2.55. The van der Waals surface area contributed by atoms with E-state index in [9.17, 15) is 0 Å². The third kappa shape index (κ3) is 3.84. The number of fused-ring (bicyclic) bond motifs is 9. The lowest BCUT2D eigenvalue weighted by molar-refractivity contribution is -0.0397. The average Bonchev–Trinajstić information content (AvgIpc) is 3.88. The average molecular weight is 711 g/mol. The number of hydrogen-bond acceptors (Lipinski definition) is 2. The lowest BCUT2D eigenvalue weighted by atomic mass is 9.42. The molecular formula is C52H38OS. The third-order valence-electron chi connectivity index (χ3n) is 14.3. The molecule has 0 amide bonds. The molecule has 4 fully saturated rings. The van der Waals surface area contributed by atoms with Crippen LogP contribution in [0.2, 0.25) is 0 Å². The molecule has 1 spiro atoms. The Kier molecular flexibility index (Phi) is 6.01. The van der Waals surface area contributed by atoms with Gasteiger partial charge < -0.3 is 4.42 Å². The summed E-state index contributed by atoms with van der Waals surface area (Å²) in [7, 11) is 0. The van der Waals surface area contributed by atoms with Crippen molar-refractivity contribution in [2.45, 2.75) is 37.5 Å². The fourth-order valence-electron chi connectivity index (χ4n) is 12.6. The molecule has 2 heterocycles. The Labute approximate surface area is 318 Å². The Morgan fingerprint density at radius 2 is 1.11 bits per heavy atom. The Balaban J connectivity index is 1.11. The molecule has 0 radical (unpaired) electrons. The zero-order valence-electron chi connectivity index (χ0n) is 30.0. The third-order valence-corrected chi connectivity index (χ3v) is 15.5. The van der Waals surface area contributed by atoms with Crippen LogP contribution in [-0.2, 0) is 5.41 Å². The largest absolute Gasteiger partial charge is 0.456 e. The first-order valence-electron chi connectivity index (χ1n) is 19.9. The van der Waals surface area contributed by atoms with E-state index in [1.54, 1.807) is 11.1 Å². The topological polar surface area (TPSA) is 13.1 Å². The summed E-state index contributed by atoms with van der Waals surface area (Å²) >= 11 is 1.92. The van der Waals surface area contributed by atoms with Gasteiger partial charge >= 0.3 is 0 Å². The minimum atomic E-state index is 0.0263. The van der Waals surface area contributed by atoms with Gasteiger partial charge in [-0.2, -0.15) is 0 Å². The van der Waals surface area contributed by atoms with Crippen LogP contribution in [0.3, 0.4) is 0 Å². The minimum absolute atomic E-state index is 0.0263. The monoisotopic (exact) mass is 710 g/mol. The van der Waals surface area contributed by atoms with Gasteiger partial charge in [-0.15, -0.1) is 11.3 Å². The van der Waals surface area contributed by atoms with E-state index in [2.05, 4.69) is 146 Å². The van der Waals surface area contributed by atoms with Crippen molar-refractivity contribution in [3.63, 3.8) is 0 Å². The molecule has 0 aliphatic heterocycles. The Bertz CT molecular complexity index is 3000. The number of benzene rings is 7. The summed E-state index contributed by atoms with van der Waals surface area (Å²) in [5, 5.41) is 5.13. The molecule has 0 atom stereocenters. The van der Waals surface area contributed by atoms with Crippen LogP contribution in [-0.4, -0.2) is 0 Å². The van der Waals surface area contributed by atoms with E-state index < -0.39 is 0 Å². The van der Waals surface area contributed by atoms with Gasteiger partial charge in [0.05, 0.1) is 0 Å². The lowest BCUT2D eigenvalue weighted by Gasteiger charge is -2.61. The van der Waals surface area contributed by atoms with Crippen molar-refractivity contribution in [1.29, 1.82) is 0 Å². The summed E-state index contributed by atoms with van der Waals surface area (Å²) in [6, 6.07) is 55.1. The van der Waals surface area contributed by atoms with E-state index >= 15 is 0 Å². The molecule has 4 bridgehead atoms. The van der Waals surface area contributed by atoms with E-state index in [4.69, 9.17) is 4.42 Å². The second kappa shape index (κ2) is 10.8. The van der Waals surface area contributed by atoms with Crippen LogP contribution >= 0.6 is 11.3 Å². The minimum Gasteiger partial charge on any atom is -0.456 e. The fraction of sp³-hybridized carbons (Fsp3) is 0.192. The molecule has 5 aliphatic rings. The van der Waals surface area contributed by atoms with Gasteiger partial charge in [0.2, 0.25) is 0 Å². The highest BCUT2D eigenvalue weighted by molar-refractivity contribution is 7.26. The molecule has 9 aromatic rings. The summed E-state index contributed by atoms with van der Waals surface area (Å²) < 4.78 is 9.22. The maximum atomic E-state index is 6.49. The predicted octanol–water partition coefficient (Wildman–Crippen LogP) is 14.7. The molecule has 0 N–H and O–H groups in total. The van der Waals surface area contributed by atoms with Crippen LogP contribution in [0.5, 0.6) is 0 Å². The van der Waals surface area contributed by atoms with Gasteiger partial charge in [-0.25, -0.2) is 0 Å². The maximum absolute atomic E-state index is 6.49. The normalized spacial score (nSPS) is 23.6. The van der Waals surface area contributed by atoms with Gasteiger partial charge in [-0.05, 0) is 136 Å². The predicted molar refractivity (Wildman–Crippen MR) is 226 cm³/mol. The highest BCUT2D eigenvalue weighted by Gasteiger charge is 2.62. The maximum Gasteiger partial charge on any atom is 0.136 e. The van der Waals surface area contributed by atoms with Crippen LogP contribution < -0.4 is 0 Å². The molecule has 4 saturated carbocycles. The van der Waals surface area contributed by atoms with Crippen LogP contribution in [0.15, 0.2) is 150 Å². The van der Waals surface area contributed by atoms with Crippen molar-refractivity contribution in [3.05, 3.63) is 157 Å². The number of thiophene rings is 1. The summed E-state index contributed by atoms with van der Waals surface area (Å²) in [5.41, 5.74) is 16.1. The summed E-state index contributed by atoms with van der Waals surface area (Å²) in [5.74, 6) is 3.12. The molecule has 0 unspecified atom stereocenters. The van der Waals surface area contributed by atoms with Gasteiger partial charge in [0, 0.05) is 36.4 Å². The van der Waals surface area contributed by atoms with Gasteiger partial charge in [-0.1, -0.05) is 121 Å². The molecule has 5 aliphatic carbocycles. The van der Waals surface area contributed by atoms with E-state index in [0.717, 1.165) is 23.0 Å². The second-order valence-corrected chi connectivity index (χ2v) is 17.8. The Hall–Kier alpha value is -5.44. The first kappa shape index (κ1) is 29.9. The second-order valence-electron chi connectivity index (χ2n) is 16.8. The number of rotatable bonds is 3. The van der Waals surface area contributed by atoms with E-state index in [1.165, 1.54) is 108 Å². The Morgan fingerprint density at radius 3 is 1.98 bits per heavy atom. The quantitative estimate of drug-likeness (QED) is 0.178. The molecule has 14 rings (SSSR count). The van der Waals surface area contributed by atoms with Gasteiger partial charge in [0.15, 0.2) is 0 Å². The van der Waals surface area contributed by atoms with Crippen molar-refractivity contribution >= 4 is 53.4 Å². The molecule has 2 heteroatoms. The molecular weight excluding hydrogens is 673 g/mol. The van der Waals surface area contributed by atoms with Crippen LogP contribution in [0.1, 0.15) is 43.2 Å². The first-order chi connectivity index (χ1) is 26.7. The SMILES string of the molecule is c1cc(-c2ccc(-c3cccc4oc5ccccc5c34)c3c2C2(c4ccccc4-3)C3CC4CC(C3)CC2C4)cc(-c2cccc3c2sc2ccccc23)c1.